The monoisotopic (exact) mass is 264 g/mol. The molecule has 0 amide bonds. The minimum atomic E-state index is -4.28. The van der Waals surface area contributed by atoms with Gasteiger partial charge in [-0.1, -0.05) is 0 Å². The van der Waals surface area contributed by atoms with Crippen molar-refractivity contribution in [2.75, 3.05) is 14.2 Å². The van der Waals surface area contributed by atoms with E-state index in [0.717, 1.165) is 0 Å². The van der Waals surface area contributed by atoms with Gasteiger partial charge in [-0.15, -0.1) is 0 Å². The fraction of sp³-hybridized carbons (Fsp3) is 0.500. The third-order valence-electron chi connectivity index (χ3n) is 2.50. The first-order valence-electron chi connectivity index (χ1n) is 5.34. The first kappa shape index (κ1) is 14.6. The Balaban J connectivity index is 2.85. The first-order valence-corrected chi connectivity index (χ1v) is 5.34. The van der Waals surface area contributed by atoms with Crippen molar-refractivity contribution in [3.63, 3.8) is 0 Å². The first-order chi connectivity index (χ1) is 8.37. The Morgan fingerprint density at radius 1 is 1.22 bits per heavy atom. The SMILES string of the molecule is COc1ccc(OC)c(C(O)CCC(F)(F)F)c1. The maximum atomic E-state index is 12.1. The number of benzene rings is 1. The van der Waals surface area contributed by atoms with Gasteiger partial charge in [0.15, 0.2) is 0 Å². The second-order valence-electron chi connectivity index (χ2n) is 3.78. The van der Waals surface area contributed by atoms with Gasteiger partial charge in [-0.3, -0.25) is 0 Å². The number of ether oxygens (including phenoxy) is 2. The highest BCUT2D eigenvalue weighted by Crippen LogP contribution is 2.34. The summed E-state index contributed by atoms with van der Waals surface area (Å²) in [6.07, 6.45) is -6.98. The van der Waals surface area contributed by atoms with Crippen LogP contribution >= 0.6 is 0 Å². The molecule has 0 saturated heterocycles. The molecule has 0 aromatic heterocycles. The zero-order valence-corrected chi connectivity index (χ0v) is 10.1. The van der Waals surface area contributed by atoms with E-state index in [9.17, 15) is 18.3 Å². The average molecular weight is 264 g/mol. The summed E-state index contributed by atoms with van der Waals surface area (Å²) in [6.45, 7) is 0. The van der Waals surface area contributed by atoms with E-state index in [1.54, 1.807) is 12.1 Å². The quantitative estimate of drug-likeness (QED) is 0.888. The van der Waals surface area contributed by atoms with Crippen molar-refractivity contribution in [3.8, 4) is 11.5 Å². The van der Waals surface area contributed by atoms with Crippen LogP contribution in [0.5, 0.6) is 11.5 Å². The zero-order valence-electron chi connectivity index (χ0n) is 10.1. The van der Waals surface area contributed by atoms with Gasteiger partial charge < -0.3 is 14.6 Å². The molecule has 0 aliphatic carbocycles. The van der Waals surface area contributed by atoms with E-state index in [-0.39, 0.29) is 0 Å². The maximum Gasteiger partial charge on any atom is 0.389 e. The molecule has 0 bridgehead atoms. The average Bonchev–Trinajstić information content (AvgIpc) is 2.34. The molecule has 1 atom stereocenters. The minimum Gasteiger partial charge on any atom is -0.497 e. The van der Waals surface area contributed by atoms with Gasteiger partial charge in [0.05, 0.1) is 20.3 Å². The number of alkyl halides is 3. The van der Waals surface area contributed by atoms with Gasteiger partial charge in [0.2, 0.25) is 0 Å². The summed E-state index contributed by atoms with van der Waals surface area (Å²) in [5, 5.41) is 9.78. The van der Waals surface area contributed by atoms with Gasteiger partial charge in [0.1, 0.15) is 11.5 Å². The normalized spacial score (nSPS) is 13.2. The summed E-state index contributed by atoms with van der Waals surface area (Å²) in [6, 6.07) is 4.63. The Kier molecular flexibility index (Phi) is 4.84. The molecular weight excluding hydrogens is 249 g/mol. The van der Waals surface area contributed by atoms with Crippen LogP contribution in [0.15, 0.2) is 18.2 Å². The summed E-state index contributed by atoms with van der Waals surface area (Å²) in [5.74, 6) is 0.794. The van der Waals surface area contributed by atoms with E-state index in [1.807, 2.05) is 0 Å². The largest absolute Gasteiger partial charge is 0.497 e. The fourth-order valence-corrected chi connectivity index (χ4v) is 1.56. The molecule has 1 aromatic rings. The Labute approximate surface area is 103 Å². The van der Waals surface area contributed by atoms with Crippen LogP contribution in [-0.2, 0) is 0 Å². The second kappa shape index (κ2) is 5.95. The molecule has 18 heavy (non-hydrogen) atoms. The van der Waals surface area contributed by atoms with Crippen LogP contribution in [0.3, 0.4) is 0 Å². The smallest absolute Gasteiger partial charge is 0.389 e. The molecule has 0 aliphatic rings. The van der Waals surface area contributed by atoms with Gasteiger partial charge in [-0.2, -0.15) is 13.2 Å². The second-order valence-corrected chi connectivity index (χ2v) is 3.78. The highest BCUT2D eigenvalue weighted by atomic mass is 19.4. The highest BCUT2D eigenvalue weighted by molar-refractivity contribution is 5.41. The summed E-state index contributed by atoms with van der Waals surface area (Å²) in [7, 11) is 2.83. The lowest BCUT2D eigenvalue weighted by Gasteiger charge is -2.16. The van der Waals surface area contributed by atoms with E-state index in [1.165, 1.54) is 20.3 Å². The number of methoxy groups -OCH3 is 2. The summed E-state index contributed by atoms with van der Waals surface area (Å²) in [4.78, 5) is 0. The molecule has 1 rings (SSSR count). The Bertz CT molecular complexity index is 391. The molecule has 3 nitrogen and oxygen atoms in total. The van der Waals surface area contributed by atoms with Crippen LogP contribution in [0.4, 0.5) is 13.2 Å². The van der Waals surface area contributed by atoms with Crippen molar-refractivity contribution in [2.45, 2.75) is 25.1 Å². The number of aliphatic hydroxyl groups is 1. The van der Waals surface area contributed by atoms with Crippen molar-refractivity contribution in [2.24, 2.45) is 0 Å². The Hall–Kier alpha value is -1.43. The summed E-state index contributed by atoms with van der Waals surface area (Å²) >= 11 is 0. The summed E-state index contributed by atoms with van der Waals surface area (Å²) in [5.41, 5.74) is 0.293. The number of rotatable bonds is 5. The molecule has 1 unspecified atom stereocenters. The van der Waals surface area contributed by atoms with Crippen molar-refractivity contribution in [1.29, 1.82) is 0 Å². The molecule has 0 spiro atoms. The lowest BCUT2D eigenvalue weighted by Crippen LogP contribution is -2.10. The molecule has 0 aliphatic heterocycles. The lowest BCUT2D eigenvalue weighted by molar-refractivity contribution is -0.140. The molecule has 1 N–H and O–H groups in total. The summed E-state index contributed by atoms with van der Waals surface area (Å²) < 4.78 is 46.2. The van der Waals surface area contributed by atoms with Crippen LogP contribution in [0.2, 0.25) is 0 Å². The molecule has 1 aromatic carbocycles. The molecule has 102 valence electrons. The predicted octanol–water partition coefficient (Wildman–Crippen LogP) is 3.08. The highest BCUT2D eigenvalue weighted by Gasteiger charge is 2.29. The van der Waals surface area contributed by atoms with Crippen LogP contribution in [0.1, 0.15) is 24.5 Å². The van der Waals surface area contributed by atoms with Gasteiger partial charge >= 0.3 is 6.18 Å². The fourth-order valence-electron chi connectivity index (χ4n) is 1.56. The van der Waals surface area contributed by atoms with Crippen molar-refractivity contribution in [3.05, 3.63) is 23.8 Å². The molecule has 0 radical (unpaired) electrons. The standard InChI is InChI=1S/C12H15F3O3/c1-17-8-3-4-11(18-2)9(7-8)10(16)5-6-12(13,14)15/h3-4,7,10,16H,5-6H2,1-2H3. The Morgan fingerprint density at radius 2 is 1.89 bits per heavy atom. The molecule has 0 saturated carbocycles. The minimum absolute atomic E-state index is 0.293. The topological polar surface area (TPSA) is 38.7 Å². The van der Waals surface area contributed by atoms with Crippen molar-refractivity contribution < 1.29 is 27.8 Å². The number of aliphatic hydroxyl groups excluding tert-OH is 1. The van der Waals surface area contributed by atoms with Gasteiger partial charge in [-0.05, 0) is 24.6 Å². The van der Waals surface area contributed by atoms with Crippen molar-refractivity contribution in [1.82, 2.24) is 0 Å². The molecular formula is C12H15F3O3. The zero-order chi connectivity index (χ0) is 13.8. The van der Waals surface area contributed by atoms with Crippen LogP contribution in [0, 0.1) is 0 Å². The van der Waals surface area contributed by atoms with E-state index in [4.69, 9.17) is 9.47 Å². The van der Waals surface area contributed by atoms with Gasteiger partial charge in [0.25, 0.3) is 0 Å². The van der Waals surface area contributed by atoms with E-state index in [2.05, 4.69) is 0 Å². The maximum absolute atomic E-state index is 12.1. The molecule has 6 heteroatoms. The number of hydrogen-bond acceptors (Lipinski definition) is 3. The Morgan fingerprint density at radius 3 is 2.39 bits per heavy atom. The third kappa shape index (κ3) is 4.10. The van der Waals surface area contributed by atoms with Crippen LogP contribution in [-0.4, -0.2) is 25.5 Å². The van der Waals surface area contributed by atoms with Crippen LogP contribution in [0.25, 0.3) is 0 Å². The third-order valence-corrected chi connectivity index (χ3v) is 2.50. The van der Waals surface area contributed by atoms with E-state index >= 15 is 0 Å². The van der Waals surface area contributed by atoms with Gasteiger partial charge in [0, 0.05) is 12.0 Å². The van der Waals surface area contributed by atoms with Crippen LogP contribution < -0.4 is 9.47 Å². The van der Waals surface area contributed by atoms with Gasteiger partial charge in [-0.25, -0.2) is 0 Å². The van der Waals surface area contributed by atoms with E-state index < -0.39 is 25.1 Å². The molecule has 0 fully saturated rings. The molecule has 0 heterocycles. The van der Waals surface area contributed by atoms with Crippen molar-refractivity contribution >= 4 is 0 Å². The lowest BCUT2D eigenvalue weighted by atomic mass is 10.0. The number of hydrogen-bond donors (Lipinski definition) is 1. The van der Waals surface area contributed by atoms with E-state index in [0.29, 0.717) is 17.1 Å². The predicted molar refractivity (Wildman–Crippen MR) is 59.8 cm³/mol. The number of halogens is 3.